The van der Waals surface area contributed by atoms with Gasteiger partial charge in [0, 0.05) is 0 Å². The van der Waals surface area contributed by atoms with Gasteiger partial charge in [0.25, 0.3) is 0 Å². The molecule has 0 spiro atoms. The molecular weight excluding hydrogens is 252 g/mol. The van der Waals surface area contributed by atoms with Crippen molar-refractivity contribution in [1.29, 1.82) is 5.41 Å². The number of amidine groups is 1. The second kappa shape index (κ2) is 4.41. The van der Waals surface area contributed by atoms with Crippen molar-refractivity contribution in [2.75, 3.05) is 0 Å². The molecule has 0 aliphatic rings. The van der Waals surface area contributed by atoms with E-state index in [1.807, 2.05) is 10.6 Å². The highest BCUT2D eigenvalue weighted by Gasteiger charge is 2.13. The summed E-state index contributed by atoms with van der Waals surface area (Å²) in [6, 6.07) is 5.76. The minimum atomic E-state index is -0.0411. The molecule has 3 aromatic rings. The van der Waals surface area contributed by atoms with Crippen LogP contribution in [0.1, 0.15) is 16.7 Å². The molecule has 0 atom stereocenters. The quantitative estimate of drug-likeness (QED) is 0.545. The normalized spacial score (nSPS) is 10.9. The first-order valence-electron chi connectivity index (χ1n) is 6.18. The summed E-state index contributed by atoms with van der Waals surface area (Å²) in [7, 11) is 0. The molecule has 0 saturated heterocycles. The molecule has 2 heterocycles. The van der Waals surface area contributed by atoms with Crippen LogP contribution in [0, 0.1) is 19.3 Å². The predicted octanol–water partition coefficient (Wildman–Crippen LogP) is 1.72. The highest BCUT2D eigenvalue weighted by molar-refractivity contribution is 5.98. The third-order valence-electron chi connectivity index (χ3n) is 3.38. The molecule has 0 fully saturated rings. The van der Waals surface area contributed by atoms with Crippen LogP contribution in [0.2, 0.25) is 0 Å². The number of rotatable bonds is 2. The Kier molecular flexibility index (Phi) is 2.71. The second-order valence-electron chi connectivity index (χ2n) is 4.72. The molecule has 0 aliphatic carbocycles. The smallest absolute Gasteiger partial charge is 0.172 e. The van der Waals surface area contributed by atoms with Crippen molar-refractivity contribution in [2.45, 2.75) is 13.8 Å². The second-order valence-corrected chi connectivity index (χ2v) is 4.72. The van der Waals surface area contributed by atoms with Gasteiger partial charge in [-0.1, -0.05) is 0 Å². The van der Waals surface area contributed by atoms with Gasteiger partial charge in [-0.25, -0.2) is 4.98 Å². The van der Waals surface area contributed by atoms with Crippen molar-refractivity contribution in [1.82, 2.24) is 19.7 Å². The highest BCUT2D eigenvalue weighted by atomic mass is 15.2. The first-order chi connectivity index (χ1) is 9.58. The Bertz CT molecular complexity index is 818. The number of benzene rings is 1. The van der Waals surface area contributed by atoms with Crippen molar-refractivity contribution in [2.24, 2.45) is 5.73 Å². The average molecular weight is 266 g/mol. The van der Waals surface area contributed by atoms with Gasteiger partial charge in [0.15, 0.2) is 5.82 Å². The topological polar surface area (TPSA) is 93.5 Å². The van der Waals surface area contributed by atoms with Gasteiger partial charge < -0.3 is 5.73 Å². The highest BCUT2D eigenvalue weighted by Crippen LogP contribution is 2.22. The fraction of sp³-hybridized carbons (Fsp3) is 0.143. The molecule has 100 valence electrons. The molecule has 6 nitrogen and oxygen atoms in total. The molecule has 2 aromatic heterocycles. The molecule has 0 unspecified atom stereocenters. The van der Waals surface area contributed by atoms with Crippen LogP contribution in [-0.4, -0.2) is 25.6 Å². The zero-order chi connectivity index (χ0) is 14.3. The molecule has 3 N–H and O–H groups in total. The van der Waals surface area contributed by atoms with Gasteiger partial charge in [-0.3, -0.25) is 9.98 Å². The van der Waals surface area contributed by atoms with E-state index in [4.69, 9.17) is 11.1 Å². The Morgan fingerprint density at radius 2 is 2.00 bits per heavy atom. The summed E-state index contributed by atoms with van der Waals surface area (Å²) in [6.45, 7) is 4.10. The average Bonchev–Trinajstić information content (AvgIpc) is 2.82. The van der Waals surface area contributed by atoms with Crippen LogP contribution >= 0.6 is 0 Å². The van der Waals surface area contributed by atoms with Crippen molar-refractivity contribution in [3.63, 3.8) is 0 Å². The lowest BCUT2D eigenvalue weighted by molar-refractivity contribution is 0.922. The van der Waals surface area contributed by atoms with Crippen molar-refractivity contribution >= 4 is 16.9 Å². The zero-order valence-corrected chi connectivity index (χ0v) is 11.3. The fourth-order valence-corrected chi connectivity index (χ4v) is 2.15. The minimum Gasteiger partial charge on any atom is -0.384 e. The van der Waals surface area contributed by atoms with Crippen LogP contribution in [0.4, 0.5) is 0 Å². The Balaban J connectivity index is 2.31. The first-order valence-corrected chi connectivity index (χ1v) is 6.18. The van der Waals surface area contributed by atoms with E-state index in [0.717, 1.165) is 11.0 Å². The summed E-state index contributed by atoms with van der Waals surface area (Å²) in [6.07, 6.45) is 3.20. The van der Waals surface area contributed by atoms with Gasteiger partial charge >= 0.3 is 0 Å². The fourth-order valence-electron chi connectivity index (χ4n) is 2.15. The van der Waals surface area contributed by atoms with Crippen LogP contribution in [0.3, 0.4) is 0 Å². The van der Waals surface area contributed by atoms with E-state index in [-0.39, 0.29) is 5.84 Å². The number of nitrogens with two attached hydrogens (primary N) is 1. The third kappa shape index (κ3) is 1.82. The number of aryl methyl sites for hydroxylation is 2. The van der Waals surface area contributed by atoms with E-state index in [2.05, 4.69) is 35.1 Å². The number of nitrogens with one attached hydrogen (secondary N) is 1. The molecule has 0 aliphatic heterocycles. The van der Waals surface area contributed by atoms with E-state index >= 15 is 0 Å². The standard InChI is InChI=1S/C14H14N6/c1-8-5-11-12(6-9(8)2)20(7-17-11)14-10(13(15)16)3-4-18-19-14/h3-7H,1-2H3,(H3,15,16). The van der Waals surface area contributed by atoms with Crippen LogP contribution in [-0.2, 0) is 0 Å². The monoisotopic (exact) mass is 266 g/mol. The Morgan fingerprint density at radius 1 is 1.25 bits per heavy atom. The first kappa shape index (κ1) is 12.3. The summed E-state index contributed by atoms with van der Waals surface area (Å²) in [5, 5.41) is 15.6. The maximum atomic E-state index is 7.64. The molecule has 3 rings (SSSR count). The Morgan fingerprint density at radius 3 is 2.75 bits per heavy atom. The van der Waals surface area contributed by atoms with Gasteiger partial charge in [0.1, 0.15) is 12.2 Å². The van der Waals surface area contributed by atoms with Crippen LogP contribution < -0.4 is 5.73 Å². The Hall–Kier alpha value is -2.76. The number of nitrogens with zero attached hydrogens (tertiary/aromatic N) is 4. The SMILES string of the molecule is Cc1cc2ncn(-c3nnccc3C(=N)N)c2cc1C. The summed E-state index contributed by atoms with van der Waals surface area (Å²) < 4.78 is 1.81. The largest absolute Gasteiger partial charge is 0.384 e. The lowest BCUT2D eigenvalue weighted by Gasteiger charge is -2.08. The molecule has 0 amide bonds. The molecule has 6 heteroatoms. The van der Waals surface area contributed by atoms with E-state index in [9.17, 15) is 0 Å². The van der Waals surface area contributed by atoms with E-state index in [1.54, 1.807) is 12.4 Å². The molecule has 0 radical (unpaired) electrons. The van der Waals surface area contributed by atoms with Gasteiger partial charge in [-0.2, -0.15) is 5.10 Å². The van der Waals surface area contributed by atoms with Crippen molar-refractivity contribution < 1.29 is 0 Å². The Labute approximate surface area is 115 Å². The summed E-state index contributed by atoms with van der Waals surface area (Å²) in [4.78, 5) is 4.38. The predicted molar refractivity (Wildman–Crippen MR) is 77.2 cm³/mol. The van der Waals surface area contributed by atoms with Crippen molar-refractivity contribution in [3.8, 4) is 5.82 Å². The number of nitrogen functional groups attached to an aromatic ring is 1. The van der Waals surface area contributed by atoms with E-state index < -0.39 is 0 Å². The van der Waals surface area contributed by atoms with Crippen molar-refractivity contribution in [3.05, 3.63) is 47.4 Å². The third-order valence-corrected chi connectivity index (χ3v) is 3.38. The zero-order valence-electron chi connectivity index (χ0n) is 11.3. The van der Waals surface area contributed by atoms with Crippen LogP contribution in [0.5, 0.6) is 0 Å². The molecule has 20 heavy (non-hydrogen) atoms. The summed E-state index contributed by atoms with van der Waals surface area (Å²) in [5.74, 6) is 0.478. The summed E-state index contributed by atoms with van der Waals surface area (Å²) in [5.41, 5.74) is 10.3. The number of fused-ring (bicyclic) bond motifs is 1. The molecular formula is C14H14N6. The maximum Gasteiger partial charge on any atom is 0.172 e. The van der Waals surface area contributed by atoms with Gasteiger partial charge in [-0.15, -0.1) is 5.10 Å². The maximum absolute atomic E-state index is 7.64. The molecule has 1 aromatic carbocycles. The van der Waals surface area contributed by atoms with Crippen LogP contribution in [0.15, 0.2) is 30.7 Å². The minimum absolute atomic E-state index is 0.0411. The van der Waals surface area contributed by atoms with Gasteiger partial charge in [0.05, 0.1) is 22.8 Å². The van der Waals surface area contributed by atoms with Gasteiger partial charge in [-0.05, 0) is 43.2 Å². The van der Waals surface area contributed by atoms with E-state index in [0.29, 0.717) is 11.4 Å². The molecule has 0 bridgehead atoms. The lowest BCUT2D eigenvalue weighted by Crippen LogP contribution is -2.16. The number of imidazole rings is 1. The van der Waals surface area contributed by atoms with Gasteiger partial charge in [0.2, 0.25) is 0 Å². The lowest BCUT2D eigenvalue weighted by atomic mass is 10.1. The number of hydrogen-bond donors (Lipinski definition) is 2. The molecule has 0 saturated carbocycles. The van der Waals surface area contributed by atoms with E-state index in [1.165, 1.54) is 17.3 Å². The number of hydrogen-bond acceptors (Lipinski definition) is 4. The number of aromatic nitrogens is 4. The summed E-state index contributed by atoms with van der Waals surface area (Å²) >= 11 is 0. The van der Waals surface area contributed by atoms with Crippen LogP contribution in [0.25, 0.3) is 16.9 Å².